The molecular weight excluding hydrogens is 346 g/mol. The first-order chi connectivity index (χ1) is 13.0. The smallest absolute Gasteiger partial charge is 0.407 e. The maximum absolute atomic E-state index is 13.2. The van der Waals surface area contributed by atoms with Crippen molar-refractivity contribution >= 4 is 12.0 Å². The van der Waals surface area contributed by atoms with Crippen molar-refractivity contribution < 1.29 is 19.1 Å². The highest BCUT2D eigenvalue weighted by Crippen LogP contribution is 2.35. The molecule has 0 bridgehead atoms. The number of carbonyl (C=O) groups is 2. The molecule has 27 heavy (non-hydrogen) atoms. The van der Waals surface area contributed by atoms with E-state index >= 15 is 0 Å². The van der Waals surface area contributed by atoms with E-state index in [0.29, 0.717) is 30.8 Å². The summed E-state index contributed by atoms with van der Waals surface area (Å²) >= 11 is 0. The predicted molar refractivity (Wildman–Crippen MR) is 98.3 cm³/mol. The van der Waals surface area contributed by atoms with Crippen LogP contribution in [0.5, 0.6) is 0 Å². The first kappa shape index (κ1) is 17.6. The van der Waals surface area contributed by atoms with E-state index in [1.807, 2.05) is 36.1 Å². The van der Waals surface area contributed by atoms with Crippen LogP contribution in [0.4, 0.5) is 4.79 Å². The second-order valence-corrected chi connectivity index (χ2v) is 7.45. The van der Waals surface area contributed by atoms with Crippen molar-refractivity contribution in [2.75, 3.05) is 13.1 Å². The number of oxazole rings is 1. The number of likely N-dealkylation sites (tertiary alicyclic amines) is 1. The molecule has 0 unspecified atom stereocenters. The third kappa shape index (κ3) is 3.54. The molecule has 142 valence electrons. The van der Waals surface area contributed by atoms with Gasteiger partial charge in [-0.15, -0.1) is 0 Å². The number of benzene rings is 1. The van der Waals surface area contributed by atoms with Crippen LogP contribution in [0, 0.1) is 5.92 Å². The van der Waals surface area contributed by atoms with Crippen LogP contribution in [0.2, 0.25) is 0 Å². The van der Waals surface area contributed by atoms with Gasteiger partial charge in [0.1, 0.15) is 0 Å². The Morgan fingerprint density at radius 1 is 1.22 bits per heavy atom. The largest absolute Gasteiger partial charge is 0.465 e. The zero-order valence-electron chi connectivity index (χ0n) is 15.2. The molecule has 7 nitrogen and oxygen atoms in total. The molecule has 1 saturated carbocycles. The van der Waals surface area contributed by atoms with Crippen LogP contribution in [0.15, 0.2) is 41.3 Å². The Hall–Kier alpha value is -2.83. The standard InChI is InChI=1S/C20H23N3O4/c1-13-11-22(20(25)26)9-8-17(13)23(16-6-7-16)19(24)15-4-2-14(3-5-15)18-10-21-12-27-18/h2-5,10,12-13,16-17H,6-9,11H2,1H3,(H,25,26)/t13-,17+/m0/s1. The van der Waals surface area contributed by atoms with Gasteiger partial charge in [-0.3, -0.25) is 4.79 Å². The quantitative estimate of drug-likeness (QED) is 0.893. The third-order valence-electron chi connectivity index (χ3n) is 5.51. The van der Waals surface area contributed by atoms with Crippen LogP contribution in [0.3, 0.4) is 0 Å². The van der Waals surface area contributed by atoms with E-state index in [-0.39, 0.29) is 23.9 Å². The summed E-state index contributed by atoms with van der Waals surface area (Å²) < 4.78 is 5.30. The number of hydrogen-bond acceptors (Lipinski definition) is 4. The summed E-state index contributed by atoms with van der Waals surface area (Å²) in [6.07, 6.45) is 4.87. The number of carbonyl (C=O) groups excluding carboxylic acids is 1. The van der Waals surface area contributed by atoms with Gasteiger partial charge in [-0.2, -0.15) is 0 Å². The fraction of sp³-hybridized carbons (Fsp3) is 0.450. The topological polar surface area (TPSA) is 86.9 Å². The normalized spacial score (nSPS) is 22.5. The van der Waals surface area contributed by atoms with E-state index in [1.165, 1.54) is 11.3 Å². The summed E-state index contributed by atoms with van der Waals surface area (Å²) in [7, 11) is 0. The van der Waals surface area contributed by atoms with Crippen LogP contribution in [-0.2, 0) is 0 Å². The van der Waals surface area contributed by atoms with E-state index in [2.05, 4.69) is 4.98 Å². The lowest BCUT2D eigenvalue weighted by atomic mass is 9.91. The Morgan fingerprint density at radius 2 is 1.96 bits per heavy atom. The SMILES string of the molecule is C[C@H]1CN(C(=O)O)CC[C@H]1N(C(=O)c1ccc(-c2cnco2)cc1)C1CC1. The number of hydrogen-bond donors (Lipinski definition) is 1. The maximum Gasteiger partial charge on any atom is 0.407 e. The van der Waals surface area contributed by atoms with E-state index < -0.39 is 6.09 Å². The fourth-order valence-electron chi connectivity index (χ4n) is 3.94. The number of aromatic nitrogens is 1. The minimum atomic E-state index is -0.882. The molecule has 1 N–H and O–H groups in total. The van der Waals surface area contributed by atoms with E-state index in [1.54, 1.807) is 6.20 Å². The molecule has 1 aromatic heterocycles. The predicted octanol–water partition coefficient (Wildman–Crippen LogP) is 3.33. The molecule has 1 saturated heterocycles. The van der Waals surface area contributed by atoms with Crippen molar-refractivity contribution in [1.29, 1.82) is 0 Å². The zero-order chi connectivity index (χ0) is 19.0. The van der Waals surface area contributed by atoms with Crippen molar-refractivity contribution in [2.45, 2.75) is 38.3 Å². The molecule has 0 radical (unpaired) electrons. The maximum atomic E-state index is 13.2. The lowest BCUT2D eigenvalue weighted by Crippen LogP contribution is -2.53. The highest BCUT2D eigenvalue weighted by Gasteiger charge is 2.42. The Morgan fingerprint density at radius 3 is 2.52 bits per heavy atom. The van der Waals surface area contributed by atoms with Gasteiger partial charge in [0.05, 0.1) is 6.20 Å². The van der Waals surface area contributed by atoms with Gasteiger partial charge in [-0.05, 0) is 37.3 Å². The molecule has 1 aliphatic heterocycles. The average Bonchev–Trinajstić information content (AvgIpc) is 3.35. The molecular formula is C20H23N3O4. The number of amides is 2. The summed E-state index contributed by atoms with van der Waals surface area (Å²) in [6, 6.07) is 7.74. The molecule has 2 amide bonds. The van der Waals surface area contributed by atoms with Gasteiger partial charge in [-0.1, -0.05) is 19.1 Å². The summed E-state index contributed by atoms with van der Waals surface area (Å²) in [5.41, 5.74) is 1.53. The van der Waals surface area contributed by atoms with Gasteiger partial charge in [0, 0.05) is 36.3 Å². The van der Waals surface area contributed by atoms with Gasteiger partial charge in [-0.25, -0.2) is 9.78 Å². The minimum absolute atomic E-state index is 0.0299. The van der Waals surface area contributed by atoms with Crippen molar-refractivity contribution in [3.05, 3.63) is 42.4 Å². The van der Waals surface area contributed by atoms with Crippen LogP contribution < -0.4 is 0 Å². The monoisotopic (exact) mass is 369 g/mol. The van der Waals surface area contributed by atoms with Gasteiger partial charge in [0.25, 0.3) is 5.91 Å². The van der Waals surface area contributed by atoms with Crippen LogP contribution in [-0.4, -0.2) is 57.1 Å². The molecule has 1 aliphatic carbocycles. The minimum Gasteiger partial charge on any atom is -0.465 e. The second kappa shape index (κ2) is 7.06. The lowest BCUT2D eigenvalue weighted by Gasteiger charge is -2.42. The number of rotatable bonds is 4. The first-order valence-corrected chi connectivity index (χ1v) is 9.34. The highest BCUT2D eigenvalue weighted by molar-refractivity contribution is 5.95. The lowest BCUT2D eigenvalue weighted by molar-refractivity contribution is 0.0407. The Kier molecular flexibility index (Phi) is 4.59. The zero-order valence-corrected chi connectivity index (χ0v) is 15.2. The Labute approximate surface area is 157 Å². The highest BCUT2D eigenvalue weighted by atomic mass is 16.4. The molecule has 0 spiro atoms. The second-order valence-electron chi connectivity index (χ2n) is 7.45. The van der Waals surface area contributed by atoms with E-state index in [9.17, 15) is 14.7 Å². The molecule has 2 aromatic rings. The number of piperidine rings is 1. The Balaban J connectivity index is 1.52. The van der Waals surface area contributed by atoms with Crippen molar-refractivity contribution in [3.8, 4) is 11.3 Å². The summed E-state index contributed by atoms with van der Waals surface area (Å²) in [6.45, 7) is 2.99. The summed E-state index contributed by atoms with van der Waals surface area (Å²) in [4.78, 5) is 31.9. The molecule has 4 rings (SSSR count). The van der Waals surface area contributed by atoms with Gasteiger partial charge < -0.3 is 19.3 Å². The number of nitrogens with zero attached hydrogens (tertiary/aromatic N) is 3. The van der Waals surface area contributed by atoms with Crippen molar-refractivity contribution in [3.63, 3.8) is 0 Å². The fourth-order valence-corrected chi connectivity index (χ4v) is 3.94. The van der Waals surface area contributed by atoms with E-state index in [0.717, 1.165) is 18.4 Å². The van der Waals surface area contributed by atoms with Gasteiger partial charge >= 0.3 is 6.09 Å². The molecule has 2 fully saturated rings. The Bertz CT molecular complexity index is 814. The van der Waals surface area contributed by atoms with E-state index in [4.69, 9.17) is 4.42 Å². The summed E-state index contributed by atoms with van der Waals surface area (Å²) in [5.74, 6) is 0.817. The molecule has 7 heteroatoms. The summed E-state index contributed by atoms with van der Waals surface area (Å²) in [5, 5.41) is 9.23. The van der Waals surface area contributed by atoms with Crippen LogP contribution in [0.1, 0.15) is 36.5 Å². The molecule has 2 heterocycles. The van der Waals surface area contributed by atoms with Crippen molar-refractivity contribution in [1.82, 2.24) is 14.8 Å². The first-order valence-electron chi connectivity index (χ1n) is 9.34. The van der Waals surface area contributed by atoms with Gasteiger partial charge in [0.2, 0.25) is 0 Å². The van der Waals surface area contributed by atoms with Crippen LogP contribution in [0.25, 0.3) is 11.3 Å². The van der Waals surface area contributed by atoms with Crippen molar-refractivity contribution in [2.24, 2.45) is 5.92 Å². The third-order valence-corrected chi connectivity index (χ3v) is 5.51. The molecule has 2 atom stereocenters. The molecule has 1 aromatic carbocycles. The average molecular weight is 369 g/mol. The number of carboxylic acid groups (broad SMARTS) is 1. The molecule has 2 aliphatic rings. The van der Waals surface area contributed by atoms with Gasteiger partial charge in [0.15, 0.2) is 12.2 Å². The van der Waals surface area contributed by atoms with Crippen LogP contribution >= 0.6 is 0 Å².